The summed E-state index contributed by atoms with van der Waals surface area (Å²) < 4.78 is 87.2. The molecule has 0 bridgehead atoms. The lowest BCUT2D eigenvalue weighted by Crippen LogP contribution is -2.70. The molecule has 0 aromatic carbocycles. The summed E-state index contributed by atoms with van der Waals surface area (Å²) >= 11 is 7.29. The zero-order valence-electron chi connectivity index (χ0n) is 21.6. The van der Waals surface area contributed by atoms with Crippen molar-refractivity contribution in [3.8, 4) is 0 Å². The van der Waals surface area contributed by atoms with E-state index in [4.69, 9.17) is 16.3 Å². The number of esters is 2. The number of hydrogen-bond donors (Lipinski definition) is 1. The molecule has 222 valence electrons. The normalized spacial score (nSPS) is 40.9. The maximum Gasteiger partial charge on any atom is 0.490 e. The van der Waals surface area contributed by atoms with E-state index < -0.39 is 88.3 Å². The smallest absolute Gasteiger partial charge is 0.454 e. The zero-order chi connectivity index (χ0) is 30.3. The van der Waals surface area contributed by atoms with Crippen molar-refractivity contribution in [3.63, 3.8) is 0 Å². The van der Waals surface area contributed by atoms with Crippen molar-refractivity contribution in [1.82, 2.24) is 0 Å². The average Bonchev–Trinajstić information content (AvgIpc) is 3.03. The molecule has 4 rings (SSSR count). The Kier molecular flexibility index (Phi) is 7.10. The zero-order valence-corrected chi connectivity index (χ0v) is 22.4. The van der Waals surface area contributed by atoms with Crippen LogP contribution in [0, 0.1) is 28.6 Å². The number of carbonyl (C=O) groups excluding carboxylic acids is 4. The molecule has 4 aliphatic rings. The number of alkyl halides is 7. The van der Waals surface area contributed by atoms with Gasteiger partial charge in [0.1, 0.15) is 11.7 Å². The molecule has 0 aromatic heterocycles. The highest BCUT2D eigenvalue weighted by Gasteiger charge is 2.76. The van der Waals surface area contributed by atoms with Crippen molar-refractivity contribution in [3.05, 3.63) is 23.8 Å². The number of hydrogen-bond acceptors (Lipinski definition) is 7. The van der Waals surface area contributed by atoms with Crippen LogP contribution in [-0.4, -0.2) is 64.2 Å². The number of allylic oxidation sites excluding steroid dienone is 4. The Bertz CT molecular complexity index is 1210. The lowest BCUT2D eigenvalue weighted by atomic mass is 9.45. The van der Waals surface area contributed by atoms with E-state index in [2.05, 4.69) is 4.74 Å². The molecule has 0 aliphatic heterocycles. The van der Waals surface area contributed by atoms with Gasteiger partial charge in [0.05, 0.1) is 4.87 Å². The first-order valence-corrected chi connectivity index (χ1v) is 12.9. The largest absolute Gasteiger partial charge is 0.490 e. The van der Waals surface area contributed by atoms with Gasteiger partial charge in [0, 0.05) is 10.8 Å². The van der Waals surface area contributed by atoms with Crippen LogP contribution < -0.4 is 0 Å². The second kappa shape index (κ2) is 9.30. The Labute approximate surface area is 229 Å². The van der Waals surface area contributed by atoms with Gasteiger partial charge in [0.25, 0.3) is 0 Å². The van der Waals surface area contributed by atoms with Gasteiger partial charge in [-0.05, 0) is 55.6 Å². The Morgan fingerprint density at radius 1 is 1.07 bits per heavy atom. The van der Waals surface area contributed by atoms with Crippen LogP contribution in [0.1, 0.15) is 46.5 Å². The Hall–Kier alpha value is -2.41. The number of ketones is 2. The molecule has 0 heterocycles. The van der Waals surface area contributed by atoms with Crippen molar-refractivity contribution < 1.29 is 60.1 Å². The van der Waals surface area contributed by atoms with Gasteiger partial charge in [-0.15, -0.1) is 11.6 Å². The molecule has 0 radical (unpaired) electrons. The lowest BCUT2D eigenvalue weighted by Gasteiger charge is -2.64. The molecule has 3 fully saturated rings. The fourth-order valence-corrected chi connectivity index (χ4v) is 8.32. The van der Waals surface area contributed by atoms with Crippen LogP contribution in [0.2, 0.25) is 0 Å². The average molecular weight is 601 g/mol. The standard InChI is InChI=1S/C26H27ClF6O7/c1-12-8-16-15-5-4-13-9-14(34)6-7-21(13,2)23(15,27)18(40-20(37)26(31,32)33)10-22(16,3)24(12,38)17(35)11-39-19(36)25(28,29)30/h6-7,9,12,15-16,18,38H,4-5,8,10-11H2,1-3H3/t12-,15-,16-,18-,21-,22-,23-,24-/m1/s1. The summed E-state index contributed by atoms with van der Waals surface area (Å²) in [4.78, 5) is 46.9. The number of halogens is 7. The first kappa shape index (κ1) is 30.5. The van der Waals surface area contributed by atoms with Crippen molar-refractivity contribution >= 4 is 35.1 Å². The SMILES string of the molecule is C[C@@H]1C[C@@H]2[C@H]3CCC4=CC(=O)C=C[C@@]4(C)[C@]3(Cl)[C@H](OC(=O)C(F)(F)F)C[C@@]2(C)[C@]1(O)C(=O)COC(=O)C(F)(F)F. The fraction of sp³-hybridized carbons (Fsp3) is 0.692. The maximum absolute atomic E-state index is 13.4. The second-order valence-corrected chi connectivity index (χ2v) is 12.2. The van der Waals surface area contributed by atoms with E-state index in [0.717, 1.165) is 0 Å². The van der Waals surface area contributed by atoms with Gasteiger partial charge >= 0.3 is 24.3 Å². The number of Topliss-reactive ketones (excluding diaryl/α,β-unsaturated/α-hetero) is 1. The van der Waals surface area contributed by atoms with Crippen LogP contribution >= 0.6 is 11.6 Å². The summed E-state index contributed by atoms with van der Waals surface area (Å²) in [7, 11) is 0. The predicted molar refractivity (Wildman–Crippen MR) is 125 cm³/mol. The molecule has 3 saturated carbocycles. The van der Waals surface area contributed by atoms with Gasteiger partial charge in [-0.1, -0.05) is 32.4 Å². The third-order valence-corrected chi connectivity index (χ3v) is 10.6. The van der Waals surface area contributed by atoms with Gasteiger partial charge in [-0.25, -0.2) is 9.59 Å². The van der Waals surface area contributed by atoms with Crippen LogP contribution in [-0.2, 0) is 28.7 Å². The summed E-state index contributed by atoms with van der Waals surface area (Å²) in [5, 5.41) is 11.8. The highest BCUT2D eigenvalue weighted by Crippen LogP contribution is 2.72. The fourth-order valence-electron chi connectivity index (χ4n) is 7.75. The topological polar surface area (TPSA) is 107 Å². The first-order valence-electron chi connectivity index (χ1n) is 12.5. The number of rotatable bonds is 4. The molecule has 40 heavy (non-hydrogen) atoms. The minimum atomic E-state index is -5.41. The van der Waals surface area contributed by atoms with Crippen LogP contribution in [0.25, 0.3) is 0 Å². The summed E-state index contributed by atoms with van der Waals surface area (Å²) in [6.45, 7) is 3.03. The van der Waals surface area contributed by atoms with Gasteiger partial charge in [0.2, 0.25) is 5.78 Å². The van der Waals surface area contributed by atoms with Crippen LogP contribution in [0.5, 0.6) is 0 Å². The molecule has 0 unspecified atom stereocenters. The van der Waals surface area contributed by atoms with Crippen LogP contribution in [0.15, 0.2) is 23.8 Å². The van der Waals surface area contributed by atoms with E-state index in [1.165, 1.54) is 32.1 Å². The highest BCUT2D eigenvalue weighted by atomic mass is 35.5. The Morgan fingerprint density at radius 2 is 1.68 bits per heavy atom. The summed E-state index contributed by atoms with van der Waals surface area (Å²) in [5.74, 6) is -9.18. The van der Waals surface area contributed by atoms with Gasteiger partial charge < -0.3 is 14.6 Å². The molecular weight excluding hydrogens is 574 g/mol. The lowest BCUT2D eigenvalue weighted by molar-refractivity contribution is -0.222. The number of carbonyl (C=O) groups is 4. The number of fused-ring (bicyclic) bond motifs is 5. The first-order chi connectivity index (χ1) is 18.1. The van der Waals surface area contributed by atoms with Gasteiger partial charge in [0.15, 0.2) is 12.4 Å². The molecule has 0 aromatic rings. The Balaban J connectivity index is 1.80. The third kappa shape index (κ3) is 4.21. The molecule has 7 nitrogen and oxygen atoms in total. The summed E-state index contributed by atoms with van der Waals surface area (Å²) in [6, 6.07) is 0. The predicted octanol–water partition coefficient (Wildman–Crippen LogP) is 4.39. The number of ether oxygens (including phenoxy) is 2. The molecule has 0 saturated heterocycles. The maximum atomic E-state index is 13.4. The van der Waals surface area contributed by atoms with E-state index >= 15 is 0 Å². The van der Waals surface area contributed by atoms with E-state index in [1.807, 2.05) is 0 Å². The molecule has 1 N–H and O–H groups in total. The highest BCUT2D eigenvalue weighted by molar-refractivity contribution is 6.26. The van der Waals surface area contributed by atoms with Crippen LogP contribution in [0.4, 0.5) is 26.3 Å². The molecular formula is C26H27ClF6O7. The summed E-state index contributed by atoms with van der Waals surface area (Å²) in [6.07, 6.45) is -8.50. The molecule has 14 heteroatoms. The summed E-state index contributed by atoms with van der Waals surface area (Å²) in [5.41, 5.74) is -4.82. The van der Waals surface area contributed by atoms with Gasteiger partial charge in [-0.2, -0.15) is 26.3 Å². The van der Waals surface area contributed by atoms with Crippen molar-refractivity contribution in [1.29, 1.82) is 0 Å². The van der Waals surface area contributed by atoms with E-state index in [9.17, 15) is 50.6 Å². The van der Waals surface area contributed by atoms with E-state index in [0.29, 0.717) is 12.0 Å². The van der Waals surface area contributed by atoms with Crippen LogP contribution in [0.3, 0.4) is 0 Å². The second-order valence-electron chi connectivity index (χ2n) is 11.5. The third-order valence-electron chi connectivity index (χ3n) is 9.67. The quantitative estimate of drug-likeness (QED) is 0.290. The Morgan fingerprint density at radius 3 is 2.25 bits per heavy atom. The van der Waals surface area contributed by atoms with E-state index in [-0.39, 0.29) is 18.6 Å². The minimum absolute atomic E-state index is 0.100. The molecule has 0 amide bonds. The minimum Gasteiger partial charge on any atom is -0.454 e. The molecule has 0 spiro atoms. The van der Waals surface area contributed by atoms with Crippen molar-refractivity contribution in [2.24, 2.45) is 28.6 Å². The van der Waals surface area contributed by atoms with Gasteiger partial charge in [-0.3, -0.25) is 9.59 Å². The van der Waals surface area contributed by atoms with Crippen molar-refractivity contribution in [2.45, 2.75) is 75.4 Å². The van der Waals surface area contributed by atoms with E-state index in [1.54, 1.807) is 6.92 Å². The number of aliphatic hydroxyl groups is 1. The van der Waals surface area contributed by atoms with Crippen molar-refractivity contribution in [2.75, 3.05) is 6.61 Å². The molecule has 4 aliphatic carbocycles. The molecule has 8 atom stereocenters. The monoisotopic (exact) mass is 600 g/mol.